The van der Waals surface area contributed by atoms with E-state index in [-0.39, 0.29) is 6.04 Å². The van der Waals surface area contributed by atoms with E-state index in [1.165, 1.54) is 6.92 Å². The fourth-order valence-electron chi connectivity index (χ4n) is 1.37. The highest BCUT2D eigenvalue weighted by molar-refractivity contribution is 5.72. The smallest absolute Gasteiger partial charge is 0.344 e. The van der Waals surface area contributed by atoms with Crippen LogP contribution in [0.1, 0.15) is 31.0 Å². The van der Waals surface area contributed by atoms with Gasteiger partial charge in [0.25, 0.3) is 0 Å². The molecule has 0 saturated carbocycles. The molecule has 0 aliphatic carbocycles. The molecule has 0 amide bonds. The Balaban J connectivity index is 2.99. The molecule has 0 bridgehead atoms. The second kappa shape index (κ2) is 4.99. The van der Waals surface area contributed by atoms with Gasteiger partial charge in [0, 0.05) is 11.6 Å². The third-order valence-corrected chi connectivity index (χ3v) is 2.31. The Kier molecular flexibility index (Phi) is 3.90. The minimum atomic E-state index is -0.990. The number of carboxylic acids is 1. The highest BCUT2D eigenvalue weighted by Crippen LogP contribution is 2.25. The number of nitrogens with two attached hydrogens (primary N) is 1. The van der Waals surface area contributed by atoms with E-state index in [2.05, 4.69) is 0 Å². The lowest BCUT2D eigenvalue weighted by molar-refractivity contribution is -0.144. The summed E-state index contributed by atoms with van der Waals surface area (Å²) in [5.41, 5.74) is 7.71. The molecule has 0 heterocycles. The van der Waals surface area contributed by atoms with Crippen molar-refractivity contribution in [3.05, 3.63) is 29.3 Å². The lowest BCUT2D eigenvalue weighted by Gasteiger charge is -2.17. The highest BCUT2D eigenvalue weighted by Gasteiger charge is 2.16. The van der Waals surface area contributed by atoms with Crippen molar-refractivity contribution in [2.75, 3.05) is 0 Å². The summed E-state index contributed by atoms with van der Waals surface area (Å²) in [7, 11) is 0. The third kappa shape index (κ3) is 2.97. The first kappa shape index (κ1) is 12.5. The fourth-order valence-corrected chi connectivity index (χ4v) is 1.37. The lowest BCUT2D eigenvalue weighted by atomic mass is 10.1. The molecular formula is C12H17NO3. The van der Waals surface area contributed by atoms with Crippen LogP contribution in [-0.4, -0.2) is 17.2 Å². The van der Waals surface area contributed by atoms with Crippen LogP contribution in [0.5, 0.6) is 5.75 Å². The van der Waals surface area contributed by atoms with Gasteiger partial charge >= 0.3 is 5.97 Å². The van der Waals surface area contributed by atoms with Gasteiger partial charge in [0.1, 0.15) is 5.75 Å². The molecule has 4 nitrogen and oxygen atoms in total. The Labute approximate surface area is 95.0 Å². The predicted octanol–water partition coefficient (Wildman–Crippen LogP) is 1.87. The number of rotatable bonds is 4. The van der Waals surface area contributed by atoms with E-state index in [0.717, 1.165) is 11.1 Å². The summed E-state index contributed by atoms with van der Waals surface area (Å²) in [6.45, 7) is 5.29. The summed E-state index contributed by atoms with van der Waals surface area (Å²) in [5, 5.41) is 8.77. The first-order valence-electron chi connectivity index (χ1n) is 5.17. The molecule has 88 valence electrons. The summed E-state index contributed by atoms with van der Waals surface area (Å²) in [6.07, 6.45) is -0.875. The summed E-state index contributed by atoms with van der Waals surface area (Å²) in [6, 6.07) is 5.36. The first-order chi connectivity index (χ1) is 7.41. The van der Waals surface area contributed by atoms with Gasteiger partial charge in [-0.1, -0.05) is 17.7 Å². The maximum atomic E-state index is 10.7. The quantitative estimate of drug-likeness (QED) is 0.817. The van der Waals surface area contributed by atoms with Crippen LogP contribution in [0.2, 0.25) is 0 Å². The molecule has 1 aromatic rings. The van der Waals surface area contributed by atoms with Gasteiger partial charge in [-0.25, -0.2) is 4.79 Å². The molecule has 0 spiro atoms. The highest BCUT2D eigenvalue weighted by atomic mass is 16.5. The van der Waals surface area contributed by atoms with Crippen LogP contribution in [0.15, 0.2) is 18.2 Å². The van der Waals surface area contributed by atoms with E-state index in [1.807, 2.05) is 26.0 Å². The van der Waals surface area contributed by atoms with Crippen molar-refractivity contribution in [3.63, 3.8) is 0 Å². The van der Waals surface area contributed by atoms with Crippen LogP contribution in [0.4, 0.5) is 0 Å². The summed E-state index contributed by atoms with van der Waals surface area (Å²) in [5.74, 6) is -0.452. The van der Waals surface area contributed by atoms with Crippen LogP contribution in [0.25, 0.3) is 0 Å². The predicted molar refractivity (Wildman–Crippen MR) is 61.5 cm³/mol. The number of carbonyl (C=O) groups is 1. The Bertz CT molecular complexity index is 388. The maximum Gasteiger partial charge on any atom is 0.344 e. The Morgan fingerprint density at radius 3 is 2.56 bits per heavy atom. The number of aliphatic carboxylic acids is 1. The van der Waals surface area contributed by atoms with Crippen molar-refractivity contribution in [2.24, 2.45) is 5.73 Å². The molecule has 16 heavy (non-hydrogen) atoms. The molecule has 4 heteroatoms. The SMILES string of the molecule is Cc1ccc(OC(C)C(=O)O)c([C@H](C)N)c1. The molecule has 0 saturated heterocycles. The Morgan fingerprint density at radius 2 is 2.06 bits per heavy atom. The standard InChI is InChI=1S/C12H17NO3/c1-7-4-5-11(10(6-7)8(2)13)16-9(3)12(14)15/h4-6,8-9H,13H2,1-3H3,(H,14,15)/t8-,9?/m0/s1. The van der Waals surface area contributed by atoms with Gasteiger partial charge in [0.15, 0.2) is 6.10 Å². The Morgan fingerprint density at radius 1 is 1.44 bits per heavy atom. The summed E-state index contributed by atoms with van der Waals surface area (Å²) in [4.78, 5) is 10.7. The van der Waals surface area contributed by atoms with Crippen molar-refractivity contribution in [3.8, 4) is 5.75 Å². The minimum Gasteiger partial charge on any atom is -0.479 e. The molecule has 3 N–H and O–H groups in total. The van der Waals surface area contributed by atoms with E-state index in [0.29, 0.717) is 5.75 Å². The summed E-state index contributed by atoms with van der Waals surface area (Å²) < 4.78 is 5.34. The number of hydrogen-bond donors (Lipinski definition) is 2. The van der Waals surface area contributed by atoms with E-state index in [4.69, 9.17) is 15.6 Å². The number of benzene rings is 1. The van der Waals surface area contributed by atoms with Gasteiger partial charge in [-0.05, 0) is 26.8 Å². The van der Waals surface area contributed by atoms with Crippen LogP contribution >= 0.6 is 0 Å². The molecule has 0 aliphatic rings. The largest absolute Gasteiger partial charge is 0.479 e. The van der Waals surface area contributed by atoms with Gasteiger partial charge in [0.2, 0.25) is 0 Å². The van der Waals surface area contributed by atoms with E-state index < -0.39 is 12.1 Å². The number of ether oxygens (including phenoxy) is 1. The normalized spacial score (nSPS) is 14.2. The number of aryl methyl sites for hydroxylation is 1. The van der Waals surface area contributed by atoms with Crippen LogP contribution in [-0.2, 0) is 4.79 Å². The number of carboxylic acid groups (broad SMARTS) is 1. The maximum absolute atomic E-state index is 10.7. The average molecular weight is 223 g/mol. The average Bonchev–Trinajstić information content (AvgIpc) is 2.20. The molecular weight excluding hydrogens is 206 g/mol. The monoisotopic (exact) mass is 223 g/mol. The third-order valence-electron chi connectivity index (χ3n) is 2.31. The summed E-state index contributed by atoms with van der Waals surface area (Å²) >= 11 is 0. The van der Waals surface area contributed by atoms with Crippen LogP contribution in [0, 0.1) is 6.92 Å². The minimum absolute atomic E-state index is 0.184. The zero-order valence-corrected chi connectivity index (χ0v) is 9.73. The topological polar surface area (TPSA) is 72.5 Å². The van der Waals surface area contributed by atoms with Gasteiger partial charge < -0.3 is 15.6 Å². The van der Waals surface area contributed by atoms with Gasteiger partial charge in [0.05, 0.1) is 0 Å². The van der Waals surface area contributed by atoms with Crippen molar-refractivity contribution in [1.82, 2.24) is 0 Å². The zero-order chi connectivity index (χ0) is 12.3. The van der Waals surface area contributed by atoms with Gasteiger partial charge in [-0.2, -0.15) is 0 Å². The van der Waals surface area contributed by atoms with Gasteiger partial charge in [-0.15, -0.1) is 0 Å². The molecule has 0 radical (unpaired) electrons. The van der Waals surface area contributed by atoms with Crippen molar-refractivity contribution in [2.45, 2.75) is 32.9 Å². The second-order valence-electron chi connectivity index (χ2n) is 3.93. The Hall–Kier alpha value is -1.55. The van der Waals surface area contributed by atoms with E-state index in [1.54, 1.807) is 6.07 Å². The molecule has 1 aromatic carbocycles. The molecule has 0 aromatic heterocycles. The van der Waals surface area contributed by atoms with Crippen molar-refractivity contribution in [1.29, 1.82) is 0 Å². The van der Waals surface area contributed by atoms with E-state index in [9.17, 15) is 4.79 Å². The lowest BCUT2D eigenvalue weighted by Crippen LogP contribution is -2.24. The van der Waals surface area contributed by atoms with Crippen LogP contribution < -0.4 is 10.5 Å². The molecule has 1 unspecified atom stereocenters. The fraction of sp³-hybridized carbons (Fsp3) is 0.417. The molecule has 0 aliphatic heterocycles. The number of hydrogen-bond acceptors (Lipinski definition) is 3. The molecule has 0 fully saturated rings. The second-order valence-corrected chi connectivity index (χ2v) is 3.93. The van der Waals surface area contributed by atoms with Crippen LogP contribution in [0.3, 0.4) is 0 Å². The van der Waals surface area contributed by atoms with E-state index >= 15 is 0 Å². The molecule has 2 atom stereocenters. The first-order valence-corrected chi connectivity index (χ1v) is 5.17. The van der Waals surface area contributed by atoms with Crippen molar-refractivity contribution < 1.29 is 14.6 Å². The molecule has 1 rings (SSSR count). The van der Waals surface area contributed by atoms with Crippen molar-refractivity contribution >= 4 is 5.97 Å². The van der Waals surface area contributed by atoms with Gasteiger partial charge in [-0.3, -0.25) is 0 Å². The zero-order valence-electron chi connectivity index (χ0n) is 9.73.